The van der Waals surface area contributed by atoms with Gasteiger partial charge in [0.25, 0.3) is 0 Å². The molecular formula is C15H24N2O. The molecule has 0 N–H and O–H groups in total. The van der Waals surface area contributed by atoms with E-state index in [0.717, 1.165) is 37.3 Å². The molecular weight excluding hydrogens is 224 g/mol. The fraction of sp³-hybridized carbons (Fsp3) is 0.933. The van der Waals surface area contributed by atoms with Gasteiger partial charge in [-0.2, -0.15) is 0 Å². The van der Waals surface area contributed by atoms with Gasteiger partial charge in [-0.3, -0.25) is 9.69 Å². The summed E-state index contributed by atoms with van der Waals surface area (Å²) in [5.74, 6) is 2.02. The zero-order valence-corrected chi connectivity index (χ0v) is 11.2. The Labute approximate surface area is 110 Å². The van der Waals surface area contributed by atoms with Gasteiger partial charge in [0.15, 0.2) is 0 Å². The normalized spacial score (nSPS) is 44.4. The Morgan fingerprint density at radius 2 is 1.83 bits per heavy atom. The summed E-state index contributed by atoms with van der Waals surface area (Å²) >= 11 is 0. The highest BCUT2D eigenvalue weighted by molar-refractivity contribution is 5.77. The van der Waals surface area contributed by atoms with Gasteiger partial charge in [-0.05, 0) is 63.5 Å². The molecule has 0 unspecified atom stereocenters. The van der Waals surface area contributed by atoms with Gasteiger partial charge < -0.3 is 4.90 Å². The second-order valence-electron chi connectivity index (χ2n) is 6.74. The minimum atomic E-state index is 0.451. The van der Waals surface area contributed by atoms with E-state index < -0.39 is 0 Å². The SMILES string of the molecule is O=C1CCC[C@@H]2[C@@H]3CCCN4CCC[C@@H](CN12)[C@H]34. The second kappa shape index (κ2) is 4.22. The Morgan fingerprint density at radius 1 is 1.00 bits per heavy atom. The average Bonchev–Trinajstić information content (AvgIpc) is 2.41. The van der Waals surface area contributed by atoms with E-state index in [2.05, 4.69) is 9.80 Å². The molecule has 4 heterocycles. The van der Waals surface area contributed by atoms with Crippen LogP contribution in [0, 0.1) is 11.8 Å². The molecule has 4 aliphatic heterocycles. The minimum Gasteiger partial charge on any atom is -0.339 e. The van der Waals surface area contributed by atoms with Crippen molar-refractivity contribution in [3.63, 3.8) is 0 Å². The van der Waals surface area contributed by atoms with Crippen LogP contribution in [0.15, 0.2) is 0 Å². The zero-order valence-electron chi connectivity index (χ0n) is 11.2. The smallest absolute Gasteiger partial charge is 0.222 e. The number of piperidine rings is 4. The van der Waals surface area contributed by atoms with Gasteiger partial charge in [0.1, 0.15) is 0 Å². The first-order valence-corrected chi connectivity index (χ1v) is 7.88. The van der Waals surface area contributed by atoms with Crippen molar-refractivity contribution in [3.05, 3.63) is 0 Å². The number of carbonyl (C=O) groups is 1. The van der Waals surface area contributed by atoms with Crippen LogP contribution in [-0.4, -0.2) is 47.4 Å². The lowest BCUT2D eigenvalue weighted by molar-refractivity contribution is -0.150. The Bertz CT molecular complexity index is 354. The van der Waals surface area contributed by atoms with E-state index in [1.807, 2.05) is 0 Å². The van der Waals surface area contributed by atoms with E-state index in [9.17, 15) is 4.79 Å². The lowest BCUT2D eigenvalue weighted by atomic mass is 9.68. The first kappa shape index (κ1) is 11.3. The summed E-state index contributed by atoms with van der Waals surface area (Å²) < 4.78 is 0. The van der Waals surface area contributed by atoms with E-state index >= 15 is 0 Å². The van der Waals surface area contributed by atoms with Gasteiger partial charge in [0.05, 0.1) is 0 Å². The molecule has 1 amide bonds. The quantitative estimate of drug-likeness (QED) is 0.653. The molecule has 3 heteroatoms. The molecule has 3 nitrogen and oxygen atoms in total. The topological polar surface area (TPSA) is 23.6 Å². The predicted molar refractivity (Wildman–Crippen MR) is 70.2 cm³/mol. The minimum absolute atomic E-state index is 0.451. The van der Waals surface area contributed by atoms with Crippen molar-refractivity contribution in [3.8, 4) is 0 Å². The summed E-state index contributed by atoms with van der Waals surface area (Å²) in [7, 11) is 0. The second-order valence-corrected chi connectivity index (χ2v) is 6.74. The van der Waals surface area contributed by atoms with Gasteiger partial charge in [-0.25, -0.2) is 0 Å². The van der Waals surface area contributed by atoms with Crippen molar-refractivity contribution in [2.24, 2.45) is 11.8 Å². The molecule has 0 aromatic carbocycles. The molecule has 18 heavy (non-hydrogen) atoms. The number of hydrogen-bond donors (Lipinski definition) is 0. The van der Waals surface area contributed by atoms with Crippen LogP contribution in [0.2, 0.25) is 0 Å². The maximum atomic E-state index is 12.2. The molecule has 4 rings (SSSR count). The third kappa shape index (κ3) is 1.56. The van der Waals surface area contributed by atoms with E-state index in [-0.39, 0.29) is 0 Å². The molecule has 4 atom stereocenters. The average molecular weight is 248 g/mol. The lowest BCUT2D eigenvalue weighted by Crippen LogP contribution is -2.66. The Morgan fingerprint density at radius 3 is 2.72 bits per heavy atom. The van der Waals surface area contributed by atoms with E-state index in [4.69, 9.17) is 0 Å². The largest absolute Gasteiger partial charge is 0.339 e. The maximum absolute atomic E-state index is 12.2. The summed E-state index contributed by atoms with van der Waals surface area (Å²) in [6.45, 7) is 3.71. The van der Waals surface area contributed by atoms with Crippen LogP contribution < -0.4 is 0 Å². The van der Waals surface area contributed by atoms with Gasteiger partial charge in [0, 0.05) is 25.0 Å². The van der Waals surface area contributed by atoms with Crippen LogP contribution in [0.4, 0.5) is 0 Å². The lowest BCUT2D eigenvalue weighted by Gasteiger charge is -2.58. The number of rotatable bonds is 0. The molecule has 4 saturated heterocycles. The van der Waals surface area contributed by atoms with Crippen molar-refractivity contribution >= 4 is 5.91 Å². The summed E-state index contributed by atoms with van der Waals surface area (Å²) in [6.07, 6.45) is 8.64. The Kier molecular flexibility index (Phi) is 2.65. The highest BCUT2D eigenvalue weighted by atomic mass is 16.2. The summed E-state index contributed by atoms with van der Waals surface area (Å²) in [4.78, 5) is 17.2. The number of fused-ring (bicyclic) bond motifs is 2. The molecule has 0 aromatic rings. The molecule has 0 aromatic heterocycles. The van der Waals surface area contributed by atoms with Crippen LogP contribution in [0.25, 0.3) is 0 Å². The number of nitrogens with zero attached hydrogens (tertiary/aromatic N) is 2. The summed E-state index contributed by atoms with van der Waals surface area (Å²) in [6, 6.07) is 1.41. The first-order valence-electron chi connectivity index (χ1n) is 7.88. The molecule has 100 valence electrons. The standard InChI is InChI=1S/C15H24N2O/c18-14-7-1-6-13-12-5-3-9-16-8-2-4-11(15(12)16)10-17(13)14/h11-13,15H,1-10H2/t11-,12-,13+,15+/m0/s1. The van der Waals surface area contributed by atoms with E-state index in [1.165, 1.54) is 45.2 Å². The monoisotopic (exact) mass is 248 g/mol. The van der Waals surface area contributed by atoms with Gasteiger partial charge in [-0.1, -0.05) is 0 Å². The van der Waals surface area contributed by atoms with Crippen molar-refractivity contribution < 1.29 is 4.79 Å². The fourth-order valence-electron chi connectivity index (χ4n) is 5.26. The third-order valence-electron chi connectivity index (χ3n) is 5.88. The molecule has 0 aliphatic carbocycles. The molecule has 4 aliphatic rings. The van der Waals surface area contributed by atoms with Gasteiger partial charge in [-0.15, -0.1) is 0 Å². The molecule has 0 saturated carbocycles. The number of carbonyl (C=O) groups excluding carboxylic acids is 1. The Balaban J connectivity index is 1.66. The van der Waals surface area contributed by atoms with Crippen molar-refractivity contribution in [2.75, 3.05) is 19.6 Å². The number of hydrogen-bond acceptors (Lipinski definition) is 2. The van der Waals surface area contributed by atoms with Crippen LogP contribution in [-0.2, 0) is 4.79 Å². The van der Waals surface area contributed by atoms with E-state index in [1.54, 1.807) is 0 Å². The molecule has 0 bridgehead atoms. The highest BCUT2D eigenvalue weighted by Gasteiger charge is 2.50. The molecule has 4 fully saturated rings. The third-order valence-corrected chi connectivity index (χ3v) is 5.88. The van der Waals surface area contributed by atoms with Crippen LogP contribution >= 0.6 is 0 Å². The Hall–Kier alpha value is -0.570. The first-order chi connectivity index (χ1) is 8.84. The molecule has 0 radical (unpaired) electrons. The van der Waals surface area contributed by atoms with Crippen molar-refractivity contribution in [2.45, 2.75) is 57.0 Å². The van der Waals surface area contributed by atoms with E-state index in [0.29, 0.717) is 11.9 Å². The zero-order chi connectivity index (χ0) is 12.1. The van der Waals surface area contributed by atoms with Crippen LogP contribution in [0.3, 0.4) is 0 Å². The van der Waals surface area contributed by atoms with Crippen molar-refractivity contribution in [1.82, 2.24) is 9.80 Å². The van der Waals surface area contributed by atoms with Gasteiger partial charge in [0.2, 0.25) is 5.91 Å². The van der Waals surface area contributed by atoms with Crippen LogP contribution in [0.1, 0.15) is 44.9 Å². The fourth-order valence-corrected chi connectivity index (χ4v) is 5.26. The summed E-state index contributed by atoms with van der Waals surface area (Å²) in [5, 5.41) is 0. The number of amides is 1. The van der Waals surface area contributed by atoms with Crippen molar-refractivity contribution in [1.29, 1.82) is 0 Å². The predicted octanol–water partition coefficient (Wildman–Crippen LogP) is 1.87. The maximum Gasteiger partial charge on any atom is 0.222 e. The van der Waals surface area contributed by atoms with Gasteiger partial charge >= 0.3 is 0 Å². The highest BCUT2D eigenvalue weighted by Crippen LogP contribution is 2.44. The summed E-state index contributed by atoms with van der Waals surface area (Å²) in [5.41, 5.74) is 0. The van der Waals surface area contributed by atoms with Crippen LogP contribution in [0.5, 0.6) is 0 Å². The molecule has 0 spiro atoms.